The van der Waals surface area contributed by atoms with Crippen molar-refractivity contribution >= 4 is 114 Å². The van der Waals surface area contributed by atoms with Crippen molar-refractivity contribution in [3.05, 3.63) is 310 Å². The molecule has 7 heterocycles. The Labute approximate surface area is 731 Å². The average molecular weight is 1830 g/mol. The summed E-state index contributed by atoms with van der Waals surface area (Å²) < 4.78 is 103. The van der Waals surface area contributed by atoms with E-state index in [4.69, 9.17) is 10.8 Å². The Kier molecular flexibility index (Phi) is 25.7. The number of amides is 7. The summed E-state index contributed by atoms with van der Waals surface area (Å²) in [5, 5.41) is 38.1. The van der Waals surface area contributed by atoms with Gasteiger partial charge in [0.2, 0.25) is 41.4 Å². The number of fused-ring (bicyclic) bond motifs is 3. The number of nitrogens with zero attached hydrogens (tertiary/aromatic N) is 8. The number of aliphatic carboxylic acids is 1. The van der Waals surface area contributed by atoms with Crippen molar-refractivity contribution in [1.82, 2.24) is 55.9 Å². The molecule has 3 aromatic heterocycles. The predicted octanol–water partition coefficient (Wildman–Crippen LogP) is 15.6. The second-order valence-electron chi connectivity index (χ2n) is 32.1. The van der Waals surface area contributed by atoms with Gasteiger partial charge in [-0.3, -0.25) is 38.4 Å². The number of benzene rings is 10. The van der Waals surface area contributed by atoms with E-state index in [1.807, 2.05) is 47.3 Å². The summed E-state index contributed by atoms with van der Waals surface area (Å²) in [7, 11) is 0. The highest BCUT2D eigenvalue weighted by Gasteiger charge is 2.48. The van der Waals surface area contributed by atoms with E-state index in [-0.39, 0.29) is 138 Å². The molecule has 8 fully saturated rings. The molecule has 10 aromatic carbocycles. The van der Waals surface area contributed by atoms with Crippen LogP contribution in [0.25, 0.3) is 49.8 Å². The molecule has 31 heteroatoms. The lowest BCUT2D eigenvalue weighted by molar-refractivity contribution is -0.138. The van der Waals surface area contributed by atoms with Crippen LogP contribution in [0, 0.1) is 68.0 Å². The molecule has 0 radical (unpaired) electrons. The van der Waals surface area contributed by atoms with Gasteiger partial charge in [-0.1, -0.05) is 72.8 Å². The number of carboxylic acids is 1. The Morgan fingerprint density at radius 3 is 1.03 bits per heavy atom. The summed E-state index contributed by atoms with van der Waals surface area (Å²) in [6.45, 7) is 0. The molecule has 4 saturated carbocycles. The minimum Gasteiger partial charge on any atom is -0.481 e. The van der Waals surface area contributed by atoms with Gasteiger partial charge in [0.15, 0.2) is 0 Å². The molecule has 4 aliphatic heterocycles. The van der Waals surface area contributed by atoms with E-state index in [0.29, 0.717) is 45.0 Å². The molecule has 0 unspecified atom stereocenters. The number of hydrogen-bond acceptors (Lipinski definition) is 12. The molecular formula is C95H84F7IN14O9. The van der Waals surface area contributed by atoms with Crippen molar-refractivity contribution in [3.8, 4) is 17.1 Å². The maximum Gasteiger partial charge on any atom is 0.306 e. The Morgan fingerprint density at radius 2 is 0.690 bits per heavy atom. The number of anilines is 2. The number of aromatic nitrogens is 6. The predicted molar refractivity (Wildman–Crippen MR) is 464 cm³/mol. The number of nitrogens with one attached hydrogen (secondary N) is 5. The number of carbonyl (C=O) groups excluding carboxylic acids is 7. The lowest BCUT2D eigenvalue weighted by atomic mass is 9.98. The molecule has 21 rings (SSSR count). The molecular weight excluding hydrogens is 1740 g/mol. The summed E-state index contributed by atoms with van der Waals surface area (Å²) >= 11 is 2.27. The van der Waals surface area contributed by atoms with E-state index in [1.54, 1.807) is 153 Å². The van der Waals surface area contributed by atoms with Gasteiger partial charge in [-0.15, -0.1) is 0 Å². The fraction of sp³-hybridized carbons (Fsp3) is 0.253. The summed E-state index contributed by atoms with van der Waals surface area (Å²) in [5.74, 6) is -3.84. The number of halogens is 8. The number of hydrogen-bond donors (Lipinski definition) is 7. The first-order chi connectivity index (χ1) is 60.9. The second-order valence-corrected chi connectivity index (χ2v) is 33.4. The molecule has 126 heavy (non-hydrogen) atoms. The summed E-state index contributed by atoms with van der Waals surface area (Å²) in [5.41, 5.74) is 13.4. The van der Waals surface area contributed by atoms with Crippen molar-refractivity contribution in [2.45, 2.75) is 125 Å². The van der Waals surface area contributed by atoms with Gasteiger partial charge in [0, 0.05) is 103 Å². The molecule has 0 bridgehead atoms. The average Bonchev–Trinajstić information content (AvgIpc) is 1.60. The molecule has 644 valence electrons. The van der Waals surface area contributed by atoms with Gasteiger partial charge in [0.05, 0.1) is 100 Å². The van der Waals surface area contributed by atoms with E-state index < -0.39 is 47.8 Å². The van der Waals surface area contributed by atoms with Gasteiger partial charge >= 0.3 is 5.97 Å². The molecule has 7 amide bonds. The molecule has 23 nitrogen and oxygen atoms in total. The van der Waals surface area contributed by atoms with Crippen LogP contribution >= 0.6 is 22.6 Å². The molecule has 8 N–H and O–H groups in total. The van der Waals surface area contributed by atoms with Crippen LogP contribution in [0.3, 0.4) is 0 Å². The van der Waals surface area contributed by atoms with Gasteiger partial charge in [0.1, 0.15) is 40.7 Å². The maximum atomic E-state index is 14.9. The van der Waals surface area contributed by atoms with Crippen molar-refractivity contribution in [2.24, 2.45) is 29.4 Å². The van der Waals surface area contributed by atoms with Crippen molar-refractivity contribution in [2.75, 3.05) is 9.80 Å². The quantitative estimate of drug-likeness (QED) is 0.0350. The van der Waals surface area contributed by atoms with E-state index in [2.05, 4.69) is 70.5 Å². The maximum absolute atomic E-state index is 14.9. The second kappa shape index (κ2) is 37.6. The third kappa shape index (κ3) is 19.9. The molecule has 8 atom stereocenters. The first-order valence-corrected chi connectivity index (χ1v) is 42.4. The van der Waals surface area contributed by atoms with Crippen LogP contribution in [0.4, 0.5) is 42.1 Å². The summed E-state index contributed by atoms with van der Waals surface area (Å²) in [6.07, 6.45) is 12.8. The zero-order chi connectivity index (χ0) is 88.1. The van der Waals surface area contributed by atoms with E-state index in [9.17, 15) is 69.1 Å². The van der Waals surface area contributed by atoms with Gasteiger partial charge in [-0.05, 0) is 226 Å². The lowest BCUT2D eigenvalue weighted by Crippen LogP contribution is -2.41. The van der Waals surface area contributed by atoms with Gasteiger partial charge < -0.3 is 47.2 Å². The summed E-state index contributed by atoms with van der Waals surface area (Å²) in [6, 6.07) is 56.9. The van der Waals surface area contributed by atoms with Crippen LogP contribution in [0.5, 0.6) is 0 Å². The third-order valence-electron chi connectivity index (χ3n) is 23.0. The van der Waals surface area contributed by atoms with E-state index >= 15 is 0 Å². The van der Waals surface area contributed by atoms with Crippen molar-refractivity contribution in [3.63, 3.8) is 0 Å². The highest BCUT2D eigenvalue weighted by Crippen LogP contribution is 2.44. The third-order valence-corrected chi connectivity index (χ3v) is 23.7. The molecule has 4 saturated heterocycles. The first-order valence-electron chi connectivity index (χ1n) is 41.3. The molecule has 4 aliphatic carbocycles. The highest BCUT2D eigenvalue weighted by molar-refractivity contribution is 14.1. The molecule has 13 aromatic rings. The van der Waals surface area contributed by atoms with Crippen LogP contribution in [-0.2, 0) is 38.4 Å². The fourth-order valence-corrected chi connectivity index (χ4v) is 16.5. The van der Waals surface area contributed by atoms with Gasteiger partial charge in [-0.2, -0.15) is 15.3 Å². The molecule has 0 spiro atoms. The summed E-state index contributed by atoms with van der Waals surface area (Å²) in [4.78, 5) is 98.8. The minimum atomic E-state index is -0.670. The Bertz CT molecular complexity index is 6060. The Hall–Kier alpha value is -13.4. The van der Waals surface area contributed by atoms with Crippen molar-refractivity contribution in [1.29, 1.82) is 0 Å². The van der Waals surface area contributed by atoms with E-state index in [1.165, 1.54) is 64.2 Å². The van der Waals surface area contributed by atoms with Gasteiger partial charge in [-0.25, -0.2) is 44.8 Å². The fourth-order valence-electron chi connectivity index (χ4n) is 16.0. The van der Waals surface area contributed by atoms with Crippen molar-refractivity contribution < 1.29 is 74.2 Å². The largest absolute Gasteiger partial charge is 0.481 e. The minimum absolute atomic E-state index is 0.0185. The zero-order valence-corrected chi connectivity index (χ0v) is 69.6. The number of nitrogens with two attached hydrogens (primary N) is 1. The first kappa shape index (κ1) is 86.1. The Balaban J connectivity index is 0.000000119. The Morgan fingerprint density at radius 1 is 0.373 bits per heavy atom. The number of carboxylic acid groups (broad SMARTS) is 1. The SMILES string of the molecule is Fc1ccc(-n2ncc3cc(I)ccc32)cc1.N[C@H]1CC(=O)N[C@@H]1c1ccccc1F.O=C(N[C@@H]1CC(=O)N(c2ccc3c(cnn3-c3ccc(F)cc3)c2)[C@H]1c1ccccc1F)C1CC1.O=C(N[C@H]1CC(=O)N(c2ccc3c(cnn3-c3ccc(F)cc3)c2)[C@@H]1c1ccccc1F)C1CC1.O=C(O)C1CC1.O=C1C[C@H](NC(=O)C2CC2)[C@@H](c2ccccc2F)N1. The lowest BCUT2D eigenvalue weighted by Gasteiger charge is -2.29. The van der Waals surface area contributed by atoms with Gasteiger partial charge in [0.25, 0.3) is 0 Å². The van der Waals surface area contributed by atoms with Crippen LogP contribution < -0.4 is 42.1 Å². The standard InChI is InChI=1S/2C27H22F2N4O2.C14H15FN2O2.C13H8FIN2.C10H11FN2O.C4H6O2/c2*28-18-7-9-19(10-8-18)33-24-12-11-20(13-17(24)15-30-33)32-25(34)14-23(31-27(35)16-5-6-16)26(32)21-3-1-2-4-22(21)29;15-10-4-2-1-3-9(10)13-11(7-12(18)17-13)16-14(19)8-5-6-8;14-10-1-4-12(5-2-10)17-13-6-3-11(15)7-9(13)8-16-17;11-7-4-2-1-3-6(7)10-8(12)5-9(14)13-10;5-4(6)3-1-2-3/h2*1-4,7-13,15-16,23,26H,5-6,14H2,(H,31,35);1-4,8,11,13H,5-7H2,(H,16,19)(H,17,18);1-8H;1-4,8,10H,5,12H2,(H,13,14);3H,1-2H2,(H,5,6)/t2*23-,26+;11-,13+;;8-,10+;/m100.0./s1. The highest BCUT2D eigenvalue weighted by atomic mass is 127. The zero-order valence-electron chi connectivity index (χ0n) is 67.4. The van der Waals surface area contributed by atoms with Crippen LogP contribution in [0.2, 0.25) is 0 Å². The number of carbonyl (C=O) groups is 8. The smallest absolute Gasteiger partial charge is 0.306 e. The normalized spacial score (nSPS) is 20.4. The van der Waals surface area contributed by atoms with Crippen LogP contribution in [0.15, 0.2) is 243 Å². The van der Waals surface area contributed by atoms with Crippen LogP contribution in [0.1, 0.15) is 123 Å². The van der Waals surface area contributed by atoms with Crippen LogP contribution in [-0.4, -0.2) is 106 Å². The monoisotopic (exact) mass is 1820 g/mol. The topological polar surface area (TPSA) is 303 Å². The molecule has 8 aliphatic rings. The van der Waals surface area contributed by atoms with E-state index in [0.717, 1.165) is 89.8 Å². The number of rotatable bonds is 16.